The first-order valence-corrected chi connectivity index (χ1v) is 21.4. The molecule has 60 heavy (non-hydrogen) atoms. The zero-order valence-electron chi connectivity index (χ0n) is 32.7. The summed E-state index contributed by atoms with van der Waals surface area (Å²) < 4.78 is 2.64. The highest BCUT2D eigenvalue weighted by Gasteiger charge is 2.18. The SMILES string of the molecule is Cc1cccc2c(-c3ccc4c5ccc(-c6ccc(-c7nc8ccccc8c8c7ccc7c9ccccc9sc78)cc6)cc5c5ccccc5c4c3)cc3cccnc3c12. The van der Waals surface area contributed by atoms with Gasteiger partial charge in [-0.05, 0) is 109 Å². The van der Waals surface area contributed by atoms with E-state index in [9.17, 15) is 0 Å². The highest BCUT2D eigenvalue weighted by molar-refractivity contribution is 7.26. The van der Waals surface area contributed by atoms with Gasteiger partial charge < -0.3 is 0 Å². The summed E-state index contributed by atoms with van der Waals surface area (Å²) in [4.78, 5) is 10.1. The lowest BCUT2D eigenvalue weighted by molar-refractivity contribution is 1.42. The van der Waals surface area contributed by atoms with E-state index in [2.05, 4.69) is 183 Å². The maximum atomic E-state index is 5.30. The van der Waals surface area contributed by atoms with Crippen molar-refractivity contribution in [2.45, 2.75) is 6.92 Å². The third-order valence-electron chi connectivity index (χ3n) is 12.8. The zero-order chi connectivity index (χ0) is 39.5. The second-order valence-corrected chi connectivity index (χ2v) is 17.1. The van der Waals surface area contributed by atoms with Crippen LogP contribution < -0.4 is 0 Å². The molecule has 0 fully saturated rings. The first kappa shape index (κ1) is 33.5. The number of nitrogens with zero attached hydrogens (tertiary/aromatic N) is 2. The Labute approximate surface area is 349 Å². The first-order chi connectivity index (χ1) is 29.7. The summed E-state index contributed by atoms with van der Waals surface area (Å²) >= 11 is 1.88. The Balaban J connectivity index is 0.946. The number of para-hydroxylation sites is 1. The van der Waals surface area contributed by atoms with Gasteiger partial charge in [0.25, 0.3) is 0 Å². The Hall–Kier alpha value is -7.46. The molecule has 0 bridgehead atoms. The Morgan fingerprint density at radius 2 is 1.02 bits per heavy atom. The standard InChI is InChI=1S/C57H34N2S/c1-33-10-8-16-44-48(32-38-11-9-29-58-56(38)53(33)44)37-24-26-42-41-25-23-36(30-49(41)39-12-2-3-13-40(39)50(42)31-37)34-19-21-35(22-20-34)55-47-28-27-45-43-14-5-7-18-52(43)60-57(45)54(47)46-15-4-6-17-51(46)59-55/h2-32H,1H3. The summed E-state index contributed by atoms with van der Waals surface area (Å²) in [6, 6.07) is 67.0. The maximum absolute atomic E-state index is 5.30. The van der Waals surface area contributed by atoms with Crippen molar-refractivity contribution >= 4 is 107 Å². The summed E-state index contributed by atoms with van der Waals surface area (Å²) in [5.74, 6) is 0. The molecule has 13 rings (SSSR count). The zero-order valence-corrected chi connectivity index (χ0v) is 33.5. The molecule has 0 saturated heterocycles. The Bertz CT molecular complexity index is 3930. The summed E-state index contributed by atoms with van der Waals surface area (Å²) in [5, 5.41) is 17.5. The number of hydrogen-bond donors (Lipinski definition) is 0. The van der Waals surface area contributed by atoms with Crippen LogP contribution in [0.25, 0.3) is 129 Å². The molecule has 0 spiro atoms. The summed E-state index contributed by atoms with van der Waals surface area (Å²) in [5.41, 5.74) is 10.3. The van der Waals surface area contributed by atoms with Crippen molar-refractivity contribution in [1.29, 1.82) is 0 Å². The minimum atomic E-state index is 1.02. The van der Waals surface area contributed by atoms with E-state index < -0.39 is 0 Å². The van der Waals surface area contributed by atoms with Gasteiger partial charge >= 0.3 is 0 Å². The Kier molecular flexibility index (Phi) is 7.13. The monoisotopic (exact) mass is 778 g/mol. The topological polar surface area (TPSA) is 25.8 Å². The van der Waals surface area contributed by atoms with Crippen molar-refractivity contribution in [1.82, 2.24) is 9.97 Å². The van der Waals surface area contributed by atoms with Gasteiger partial charge in [-0.15, -0.1) is 11.3 Å². The highest BCUT2D eigenvalue weighted by atomic mass is 32.1. The predicted molar refractivity (Wildman–Crippen MR) is 259 cm³/mol. The van der Waals surface area contributed by atoms with E-state index in [1.807, 2.05) is 23.6 Å². The minimum absolute atomic E-state index is 1.02. The molecule has 3 heterocycles. The highest BCUT2D eigenvalue weighted by Crippen LogP contribution is 2.45. The van der Waals surface area contributed by atoms with Crippen LogP contribution in [0.15, 0.2) is 188 Å². The van der Waals surface area contributed by atoms with Crippen LogP contribution in [-0.2, 0) is 0 Å². The predicted octanol–water partition coefficient (Wildman–Crippen LogP) is 16.2. The van der Waals surface area contributed by atoms with Crippen LogP contribution >= 0.6 is 11.3 Å². The molecule has 0 unspecified atom stereocenters. The van der Waals surface area contributed by atoms with Gasteiger partial charge in [0.05, 0.1) is 16.7 Å². The lowest BCUT2D eigenvalue weighted by Gasteiger charge is -2.16. The molecule has 0 atom stereocenters. The van der Waals surface area contributed by atoms with Crippen molar-refractivity contribution in [3.63, 3.8) is 0 Å². The molecule has 0 aliphatic heterocycles. The molecule has 0 radical (unpaired) electrons. The average Bonchev–Trinajstić information content (AvgIpc) is 3.70. The molecular weight excluding hydrogens is 745 g/mol. The number of rotatable bonds is 3. The molecule has 3 heteroatoms. The minimum Gasteiger partial charge on any atom is -0.256 e. The largest absolute Gasteiger partial charge is 0.256 e. The van der Waals surface area contributed by atoms with Gasteiger partial charge in [-0.1, -0.05) is 146 Å². The van der Waals surface area contributed by atoms with Crippen molar-refractivity contribution in [2.24, 2.45) is 0 Å². The van der Waals surface area contributed by atoms with Crippen LogP contribution in [0.4, 0.5) is 0 Å². The van der Waals surface area contributed by atoms with Crippen LogP contribution in [0.5, 0.6) is 0 Å². The van der Waals surface area contributed by atoms with E-state index in [4.69, 9.17) is 9.97 Å². The third-order valence-corrected chi connectivity index (χ3v) is 14.0. The summed E-state index contributed by atoms with van der Waals surface area (Å²) in [6.45, 7) is 2.19. The van der Waals surface area contributed by atoms with Crippen molar-refractivity contribution in [3.05, 3.63) is 194 Å². The van der Waals surface area contributed by atoms with E-state index in [-0.39, 0.29) is 0 Å². The number of fused-ring (bicyclic) bond motifs is 16. The number of thiophene rings is 1. The molecular formula is C57H34N2S. The molecule has 0 saturated carbocycles. The molecule has 0 amide bonds. The number of benzene rings is 10. The fourth-order valence-electron chi connectivity index (χ4n) is 9.98. The maximum Gasteiger partial charge on any atom is 0.0788 e. The fourth-order valence-corrected chi connectivity index (χ4v) is 11.2. The molecule has 278 valence electrons. The number of aryl methyl sites for hydroxylation is 1. The second kappa shape index (κ2) is 12.8. The van der Waals surface area contributed by atoms with E-state index in [0.717, 1.165) is 27.7 Å². The Morgan fingerprint density at radius 1 is 0.400 bits per heavy atom. The lowest BCUT2D eigenvalue weighted by atomic mass is 9.88. The molecule has 3 aromatic heterocycles. The van der Waals surface area contributed by atoms with Gasteiger partial charge in [0.15, 0.2) is 0 Å². The molecule has 0 aliphatic carbocycles. The number of pyridine rings is 2. The lowest BCUT2D eigenvalue weighted by Crippen LogP contribution is -1.91. The normalized spacial score (nSPS) is 12.1. The number of hydrogen-bond acceptors (Lipinski definition) is 3. The molecule has 2 nitrogen and oxygen atoms in total. The molecule has 0 N–H and O–H groups in total. The number of aromatic nitrogens is 2. The van der Waals surface area contributed by atoms with Gasteiger partial charge in [-0.25, -0.2) is 4.98 Å². The van der Waals surface area contributed by atoms with Gasteiger partial charge in [0.2, 0.25) is 0 Å². The van der Waals surface area contributed by atoms with Gasteiger partial charge in [0, 0.05) is 58.9 Å². The molecule has 13 aromatic rings. The van der Waals surface area contributed by atoms with Crippen LogP contribution in [0.3, 0.4) is 0 Å². The van der Waals surface area contributed by atoms with Crippen molar-refractivity contribution in [2.75, 3.05) is 0 Å². The first-order valence-electron chi connectivity index (χ1n) is 20.6. The summed E-state index contributed by atoms with van der Waals surface area (Å²) in [6.07, 6.45) is 1.90. The van der Waals surface area contributed by atoms with E-state index in [0.29, 0.717) is 0 Å². The smallest absolute Gasteiger partial charge is 0.0788 e. The third kappa shape index (κ3) is 4.87. The Morgan fingerprint density at radius 3 is 1.83 bits per heavy atom. The van der Waals surface area contributed by atoms with Crippen molar-refractivity contribution in [3.8, 4) is 33.5 Å². The van der Waals surface area contributed by atoms with E-state index in [1.165, 1.54) is 107 Å². The van der Waals surface area contributed by atoms with Crippen LogP contribution in [0, 0.1) is 6.92 Å². The van der Waals surface area contributed by atoms with E-state index in [1.54, 1.807) is 0 Å². The average molecular weight is 779 g/mol. The van der Waals surface area contributed by atoms with Crippen LogP contribution in [-0.4, -0.2) is 9.97 Å². The van der Waals surface area contributed by atoms with Gasteiger partial charge in [0.1, 0.15) is 0 Å². The van der Waals surface area contributed by atoms with Crippen LogP contribution in [0.2, 0.25) is 0 Å². The quantitative estimate of drug-likeness (QED) is 0.167. The van der Waals surface area contributed by atoms with Crippen LogP contribution in [0.1, 0.15) is 5.56 Å². The second-order valence-electron chi connectivity index (χ2n) is 16.1. The molecule has 0 aliphatic rings. The van der Waals surface area contributed by atoms with E-state index >= 15 is 0 Å². The van der Waals surface area contributed by atoms with Crippen molar-refractivity contribution < 1.29 is 0 Å². The summed E-state index contributed by atoms with van der Waals surface area (Å²) in [7, 11) is 0. The van der Waals surface area contributed by atoms with Gasteiger partial charge in [-0.3, -0.25) is 4.98 Å². The fraction of sp³-hybridized carbons (Fsp3) is 0.0175. The molecule has 10 aromatic carbocycles. The van der Waals surface area contributed by atoms with Gasteiger partial charge in [-0.2, -0.15) is 0 Å².